The fraction of sp³-hybridized carbons (Fsp3) is 1.00. The van der Waals surface area contributed by atoms with Crippen molar-refractivity contribution >= 4 is 0 Å². The molecule has 3 heteroatoms. The van der Waals surface area contributed by atoms with E-state index in [9.17, 15) is 5.11 Å². The average Bonchev–Trinajstić information content (AvgIpc) is 2.27. The lowest BCUT2D eigenvalue weighted by Crippen LogP contribution is -2.53. The van der Waals surface area contributed by atoms with Crippen molar-refractivity contribution in [1.82, 2.24) is 4.90 Å². The molecule has 0 aliphatic heterocycles. The van der Waals surface area contributed by atoms with Crippen LogP contribution >= 0.6 is 0 Å². The van der Waals surface area contributed by atoms with E-state index in [0.717, 1.165) is 32.4 Å². The van der Waals surface area contributed by atoms with Gasteiger partial charge in [0.1, 0.15) is 0 Å². The molecule has 19 heavy (non-hydrogen) atoms. The highest BCUT2D eigenvalue weighted by atomic mass is 16.5. The van der Waals surface area contributed by atoms with Gasteiger partial charge in [0, 0.05) is 25.7 Å². The lowest BCUT2D eigenvalue weighted by Gasteiger charge is -2.48. The second-order valence-electron chi connectivity index (χ2n) is 7.33. The van der Waals surface area contributed by atoms with E-state index in [1.807, 2.05) is 0 Å². The normalized spacial score (nSPS) is 29.2. The van der Waals surface area contributed by atoms with Gasteiger partial charge in [-0.15, -0.1) is 0 Å². The van der Waals surface area contributed by atoms with E-state index >= 15 is 0 Å². The summed E-state index contributed by atoms with van der Waals surface area (Å²) in [5, 5.41) is 10.1. The van der Waals surface area contributed by atoms with Crippen LogP contribution in [0.5, 0.6) is 0 Å². The van der Waals surface area contributed by atoms with E-state index in [1.54, 1.807) is 7.11 Å². The Morgan fingerprint density at radius 2 is 1.89 bits per heavy atom. The monoisotopic (exact) mass is 271 g/mol. The van der Waals surface area contributed by atoms with Gasteiger partial charge in [-0.05, 0) is 44.4 Å². The van der Waals surface area contributed by atoms with Crippen LogP contribution in [0.15, 0.2) is 0 Å². The Balaban J connectivity index is 2.86. The van der Waals surface area contributed by atoms with Crippen LogP contribution in [0, 0.1) is 11.3 Å². The summed E-state index contributed by atoms with van der Waals surface area (Å²) in [6.07, 6.45) is 2.86. The third kappa shape index (κ3) is 4.73. The van der Waals surface area contributed by atoms with Crippen LogP contribution < -0.4 is 0 Å². The molecule has 0 heterocycles. The fourth-order valence-corrected chi connectivity index (χ4v) is 3.51. The molecule has 1 saturated carbocycles. The van der Waals surface area contributed by atoms with E-state index in [4.69, 9.17) is 4.74 Å². The van der Waals surface area contributed by atoms with Gasteiger partial charge in [-0.3, -0.25) is 4.90 Å². The number of nitrogens with zero attached hydrogens (tertiary/aromatic N) is 1. The Morgan fingerprint density at radius 3 is 2.37 bits per heavy atom. The van der Waals surface area contributed by atoms with Crippen LogP contribution in [-0.4, -0.2) is 48.5 Å². The van der Waals surface area contributed by atoms with E-state index in [0.29, 0.717) is 23.4 Å². The van der Waals surface area contributed by atoms with Gasteiger partial charge in [0.05, 0.1) is 12.7 Å². The van der Waals surface area contributed by atoms with Crippen molar-refractivity contribution in [1.29, 1.82) is 0 Å². The summed E-state index contributed by atoms with van der Waals surface area (Å²) in [5.41, 5.74) is 0.297. The molecule has 1 aliphatic carbocycles. The van der Waals surface area contributed by atoms with Crippen LogP contribution in [0.3, 0.4) is 0 Å². The van der Waals surface area contributed by atoms with E-state index in [1.165, 1.54) is 0 Å². The Hall–Kier alpha value is -0.120. The number of aliphatic hydroxyl groups is 1. The first-order chi connectivity index (χ1) is 8.77. The van der Waals surface area contributed by atoms with E-state index in [-0.39, 0.29) is 6.10 Å². The van der Waals surface area contributed by atoms with Gasteiger partial charge in [0.2, 0.25) is 0 Å². The summed E-state index contributed by atoms with van der Waals surface area (Å²) in [6.45, 7) is 13.2. The minimum atomic E-state index is -0.132. The molecule has 0 radical (unpaired) electrons. The highest BCUT2D eigenvalue weighted by molar-refractivity contribution is 4.93. The predicted octanol–water partition coefficient (Wildman–Crippen LogP) is 2.92. The van der Waals surface area contributed by atoms with Crippen molar-refractivity contribution in [3.8, 4) is 0 Å². The van der Waals surface area contributed by atoms with Crippen LogP contribution in [-0.2, 0) is 4.74 Å². The molecular formula is C16H33NO2. The van der Waals surface area contributed by atoms with Gasteiger partial charge >= 0.3 is 0 Å². The molecule has 3 nitrogen and oxygen atoms in total. The van der Waals surface area contributed by atoms with Crippen molar-refractivity contribution in [2.45, 2.75) is 72.1 Å². The molecule has 0 spiro atoms. The van der Waals surface area contributed by atoms with E-state index < -0.39 is 0 Å². The van der Waals surface area contributed by atoms with E-state index in [2.05, 4.69) is 39.5 Å². The second-order valence-corrected chi connectivity index (χ2v) is 7.33. The molecule has 0 saturated heterocycles. The van der Waals surface area contributed by atoms with Crippen molar-refractivity contribution in [3.63, 3.8) is 0 Å². The largest absolute Gasteiger partial charge is 0.393 e. The van der Waals surface area contributed by atoms with Crippen LogP contribution in [0.25, 0.3) is 0 Å². The summed E-state index contributed by atoms with van der Waals surface area (Å²) < 4.78 is 5.26. The molecule has 0 bridgehead atoms. The molecular weight excluding hydrogens is 238 g/mol. The first-order valence-corrected chi connectivity index (χ1v) is 7.70. The zero-order valence-corrected chi connectivity index (χ0v) is 13.6. The van der Waals surface area contributed by atoms with Gasteiger partial charge in [-0.1, -0.05) is 20.8 Å². The number of rotatable bonds is 5. The average molecular weight is 271 g/mol. The van der Waals surface area contributed by atoms with Crippen molar-refractivity contribution in [3.05, 3.63) is 0 Å². The van der Waals surface area contributed by atoms with Gasteiger partial charge < -0.3 is 9.84 Å². The molecule has 1 rings (SSSR count). The van der Waals surface area contributed by atoms with Crippen LogP contribution in [0.4, 0.5) is 0 Å². The maximum absolute atomic E-state index is 10.1. The molecule has 114 valence electrons. The van der Waals surface area contributed by atoms with Crippen molar-refractivity contribution in [2.75, 3.05) is 20.3 Å². The highest BCUT2D eigenvalue weighted by Gasteiger charge is 2.40. The zero-order chi connectivity index (χ0) is 14.6. The highest BCUT2D eigenvalue weighted by Crippen LogP contribution is 2.40. The quantitative estimate of drug-likeness (QED) is 0.834. The third-order valence-corrected chi connectivity index (χ3v) is 4.54. The third-order valence-electron chi connectivity index (χ3n) is 4.54. The van der Waals surface area contributed by atoms with Crippen molar-refractivity contribution < 1.29 is 9.84 Å². The molecule has 0 amide bonds. The predicted molar refractivity (Wildman–Crippen MR) is 80.3 cm³/mol. The smallest absolute Gasteiger partial charge is 0.0589 e. The van der Waals surface area contributed by atoms with Crippen molar-refractivity contribution in [2.24, 2.45) is 11.3 Å². The zero-order valence-electron chi connectivity index (χ0n) is 13.6. The lowest BCUT2D eigenvalue weighted by atomic mass is 9.68. The Bertz CT molecular complexity index is 260. The summed E-state index contributed by atoms with van der Waals surface area (Å²) in [5.74, 6) is 0.648. The lowest BCUT2D eigenvalue weighted by molar-refractivity contribution is -0.0306. The summed E-state index contributed by atoms with van der Waals surface area (Å²) in [6, 6.07) is 0.967. The molecule has 1 aliphatic rings. The van der Waals surface area contributed by atoms with Crippen LogP contribution in [0.1, 0.15) is 53.9 Å². The Labute approximate surface area is 119 Å². The summed E-state index contributed by atoms with van der Waals surface area (Å²) >= 11 is 0. The maximum Gasteiger partial charge on any atom is 0.0589 e. The van der Waals surface area contributed by atoms with Crippen LogP contribution in [0.2, 0.25) is 0 Å². The topological polar surface area (TPSA) is 32.7 Å². The fourth-order valence-electron chi connectivity index (χ4n) is 3.51. The number of methoxy groups -OCH3 is 1. The molecule has 0 aromatic rings. The minimum Gasteiger partial charge on any atom is -0.393 e. The number of hydrogen-bond acceptors (Lipinski definition) is 3. The number of hydrogen-bond donors (Lipinski definition) is 1. The van der Waals surface area contributed by atoms with Gasteiger partial charge in [-0.2, -0.15) is 0 Å². The van der Waals surface area contributed by atoms with Gasteiger partial charge in [-0.25, -0.2) is 0 Å². The standard InChI is InChI=1S/C16H33NO2/c1-12(2)17(9-10-19-6)15-11-13(18)7-8-14(15)16(3,4)5/h12-15,18H,7-11H2,1-6H3. The molecule has 3 unspecified atom stereocenters. The first kappa shape index (κ1) is 16.9. The van der Waals surface area contributed by atoms with Gasteiger partial charge in [0.25, 0.3) is 0 Å². The molecule has 1 N–H and O–H groups in total. The Kier molecular flexibility index (Phi) is 6.28. The number of aliphatic hydroxyl groups excluding tert-OH is 1. The minimum absolute atomic E-state index is 0.132. The summed E-state index contributed by atoms with van der Waals surface area (Å²) in [7, 11) is 1.76. The molecule has 1 fully saturated rings. The summed E-state index contributed by atoms with van der Waals surface area (Å²) in [4.78, 5) is 2.53. The second kappa shape index (κ2) is 7.05. The first-order valence-electron chi connectivity index (χ1n) is 7.70. The SMILES string of the molecule is COCCN(C(C)C)C1CC(O)CCC1C(C)(C)C. The van der Waals surface area contributed by atoms with Gasteiger partial charge in [0.15, 0.2) is 0 Å². The number of ether oxygens (including phenoxy) is 1. The molecule has 0 aromatic heterocycles. The molecule has 3 atom stereocenters. The maximum atomic E-state index is 10.1. The Morgan fingerprint density at radius 1 is 1.26 bits per heavy atom. The molecule has 0 aromatic carbocycles.